The van der Waals surface area contributed by atoms with Gasteiger partial charge >= 0.3 is 0 Å². The second-order valence-electron chi connectivity index (χ2n) is 7.50. The first-order valence-corrected chi connectivity index (χ1v) is 9.59. The van der Waals surface area contributed by atoms with Crippen LogP contribution in [0.5, 0.6) is 5.75 Å². The number of hydrogen-bond acceptors (Lipinski definition) is 6. The van der Waals surface area contributed by atoms with Crippen molar-refractivity contribution < 1.29 is 24.2 Å². The minimum atomic E-state index is -0.890. The van der Waals surface area contributed by atoms with Crippen LogP contribution in [-0.2, 0) is 0 Å². The molecule has 2 N–H and O–H groups in total. The normalized spacial score (nSPS) is 15.3. The lowest BCUT2D eigenvalue weighted by Gasteiger charge is -2.21. The minimum absolute atomic E-state index is 0.000666. The maximum Gasteiger partial charge on any atom is 0.202 e. The van der Waals surface area contributed by atoms with Crippen LogP contribution in [0.2, 0.25) is 0 Å². The zero-order chi connectivity index (χ0) is 21.7. The number of phenols is 1. The molecule has 30 heavy (non-hydrogen) atoms. The van der Waals surface area contributed by atoms with Crippen molar-refractivity contribution in [3.8, 4) is 5.75 Å². The lowest BCUT2D eigenvalue weighted by atomic mass is 9.81. The third-order valence-electron chi connectivity index (χ3n) is 5.55. The molecule has 0 amide bonds. The highest BCUT2D eigenvalue weighted by atomic mass is 16.3. The summed E-state index contributed by atoms with van der Waals surface area (Å²) < 4.78 is 5.98. The smallest absolute Gasteiger partial charge is 0.202 e. The van der Waals surface area contributed by atoms with Gasteiger partial charge in [0.2, 0.25) is 5.78 Å². The predicted molar refractivity (Wildman–Crippen MR) is 111 cm³/mol. The van der Waals surface area contributed by atoms with E-state index < -0.39 is 23.6 Å². The summed E-state index contributed by atoms with van der Waals surface area (Å²) in [7, 11) is 0. The Hall–Kier alpha value is -3.51. The standard InChI is InChI=1S/C24H20O6/c1-4-6-15(25)12(3)18-10-17(27)19-11(2)9-14-21(24(19)30-18)23(29)20-13(22(14)28)7-5-8-16(20)26/h4-10,12,15,25-26H,1-3H3/b6-4-. The van der Waals surface area contributed by atoms with Crippen molar-refractivity contribution in [1.82, 2.24) is 0 Å². The van der Waals surface area contributed by atoms with Gasteiger partial charge in [0.15, 0.2) is 11.2 Å². The number of hydrogen-bond donors (Lipinski definition) is 2. The molecule has 2 atom stereocenters. The van der Waals surface area contributed by atoms with E-state index in [9.17, 15) is 24.6 Å². The molecule has 0 bridgehead atoms. The predicted octanol–water partition coefficient (Wildman–Crippen LogP) is 3.62. The molecule has 0 saturated carbocycles. The van der Waals surface area contributed by atoms with Gasteiger partial charge in [-0.05, 0) is 31.5 Å². The molecule has 0 fully saturated rings. The lowest BCUT2D eigenvalue weighted by molar-refractivity contribution is 0.0977. The van der Waals surface area contributed by atoms with Gasteiger partial charge in [0.25, 0.3) is 0 Å². The topological polar surface area (TPSA) is 105 Å². The summed E-state index contributed by atoms with van der Waals surface area (Å²) in [6.45, 7) is 5.14. The van der Waals surface area contributed by atoms with Gasteiger partial charge in [-0.25, -0.2) is 0 Å². The number of aliphatic hydroxyl groups is 1. The van der Waals surface area contributed by atoms with E-state index in [4.69, 9.17) is 4.42 Å². The van der Waals surface area contributed by atoms with E-state index in [0.717, 1.165) is 0 Å². The number of fused-ring (bicyclic) bond motifs is 4. The van der Waals surface area contributed by atoms with Crippen LogP contribution < -0.4 is 5.43 Å². The molecule has 1 heterocycles. The molecule has 0 spiro atoms. The Balaban J connectivity index is 2.06. The van der Waals surface area contributed by atoms with E-state index in [2.05, 4.69) is 0 Å². The molecule has 6 heteroatoms. The molecule has 1 aliphatic rings. The second-order valence-corrected chi connectivity index (χ2v) is 7.50. The number of aromatic hydroxyl groups is 1. The van der Waals surface area contributed by atoms with Crippen molar-refractivity contribution in [1.29, 1.82) is 0 Å². The first-order valence-electron chi connectivity index (χ1n) is 9.59. The van der Waals surface area contributed by atoms with E-state index in [-0.39, 0.29) is 50.2 Å². The summed E-state index contributed by atoms with van der Waals surface area (Å²) in [5.41, 5.74) is 0.243. The average Bonchev–Trinajstić information content (AvgIpc) is 2.70. The third-order valence-corrected chi connectivity index (χ3v) is 5.55. The van der Waals surface area contributed by atoms with E-state index >= 15 is 0 Å². The quantitative estimate of drug-likeness (QED) is 0.505. The van der Waals surface area contributed by atoms with Crippen LogP contribution >= 0.6 is 0 Å². The highest BCUT2D eigenvalue weighted by Crippen LogP contribution is 2.37. The average molecular weight is 404 g/mol. The number of aryl methyl sites for hydroxylation is 1. The highest BCUT2D eigenvalue weighted by Gasteiger charge is 2.35. The number of allylic oxidation sites excluding steroid dienone is 1. The van der Waals surface area contributed by atoms with E-state index in [1.54, 1.807) is 32.9 Å². The van der Waals surface area contributed by atoms with Crippen LogP contribution in [0, 0.1) is 6.92 Å². The van der Waals surface area contributed by atoms with Crippen LogP contribution in [0.25, 0.3) is 11.0 Å². The van der Waals surface area contributed by atoms with Crippen molar-refractivity contribution in [2.24, 2.45) is 0 Å². The van der Waals surface area contributed by atoms with Crippen LogP contribution in [0.15, 0.2) is 51.7 Å². The lowest BCUT2D eigenvalue weighted by Crippen LogP contribution is -2.23. The molecule has 3 aromatic rings. The van der Waals surface area contributed by atoms with Crippen LogP contribution in [-0.4, -0.2) is 27.9 Å². The molecule has 152 valence electrons. The summed E-state index contributed by atoms with van der Waals surface area (Å²) in [6.07, 6.45) is 2.37. The van der Waals surface area contributed by atoms with E-state index in [1.807, 2.05) is 0 Å². The van der Waals surface area contributed by atoms with Crippen molar-refractivity contribution in [2.45, 2.75) is 32.8 Å². The second kappa shape index (κ2) is 7.07. The maximum atomic E-state index is 13.3. The third kappa shape index (κ3) is 2.80. The van der Waals surface area contributed by atoms with Crippen molar-refractivity contribution >= 4 is 22.5 Å². The first kappa shape index (κ1) is 19.8. The van der Waals surface area contributed by atoms with Gasteiger partial charge in [-0.1, -0.05) is 31.2 Å². The summed E-state index contributed by atoms with van der Waals surface area (Å²) in [5, 5.41) is 20.7. The Labute approximate surface area is 172 Å². The fourth-order valence-corrected chi connectivity index (χ4v) is 3.94. The van der Waals surface area contributed by atoms with Gasteiger partial charge in [-0.2, -0.15) is 0 Å². The number of ketones is 2. The molecule has 1 aromatic heterocycles. The Morgan fingerprint density at radius 1 is 1.03 bits per heavy atom. The number of rotatable bonds is 3. The van der Waals surface area contributed by atoms with Crippen molar-refractivity contribution in [3.05, 3.63) is 86.3 Å². The fourth-order valence-electron chi connectivity index (χ4n) is 3.94. The Bertz CT molecular complexity index is 1310. The van der Waals surface area contributed by atoms with Crippen LogP contribution in [0.3, 0.4) is 0 Å². The molecular formula is C24H20O6. The van der Waals surface area contributed by atoms with Crippen molar-refractivity contribution in [2.75, 3.05) is 0 Å². The fraction of sp³-hybridized carbons (Fsp3) is 0.208. The molecular weight excluding hydrogens is 384 g/mol. The molecule has 0 radical (unpaired) electrons. The largest absolute Gasteiger partial charge is 0.507 e. The summed E-state index contributed by atoms with van der Waals surface area (Å²) >= 11 is 0. The van der Waals surface area contributed by atoms with Crippen LogP contribution in [0.4, 0.5) is 0 Å². The van der Waals surface area contributed by atoms with Gasteiger partial charge in [0, 0.05) is 23.1 Å². The summed E-state index contributed by atoms with van der Waals surface area (Å²) in [4.78, 5) is 39.2. The molecule has 1 aliphatic carbocycles. The number of carbonyl (C=O) groups excluding carboxylic acids is 2. The molecule has 4 rings (SSSR count). The monoisotopic (exact) mass is 404 g/mol. The highest BCUT2D eigenvalue weighted by molar-refractivity contribution is 6.32. The van der Waals surface area contributed by atoms with E-state index in [1.165, 1.54) is 30.3 Å². The molecule has 6 nitrogen and oxygen atoms in total. The zero-order valence-corrected chi connectivity index (χ0v) is 16.7. The number of aliphatic hydroxyl groups excluding tert-OH is 1. The SMILES string of the molecule is C/C=C\C(O)C(C)c1cc(=O)c2c(C)cc3c(c2o1)C(=O)c1c(O)cccc1C3=O. The first-order chi connectivity index (χ1) is 14.3. The number of carbonyl (C=O) groups is 2. The van der Waals surface area contributed by atoms with E-state index in [0.29, 0.717) is 5.56 Å². The Kier molecular flexibility index (Phi) is 4.67. The van der Waals surface area contributed by atoms with Gasteiger partial charge in [-0.3, -0.25) is 14.4 Å². The Morgan fingerprint density at radius 3 is 2.47 bits per heavy atom. The molecule has 0 saturated heterocycles. The molecule has 2 aromatic carbocycles. The summed E-state index contributed by atoms with van der Waals surface area (Å²) in [5.74, 6) is -1.65. The summed E-state index contributed by atoms with van der Waals surface area (Å²) in [6, 6.07) is 7.14. The minimum Gasteiger partial charge on any atom is -0.507 e. The van der Waals surface area contributed by atoms with Gasteiger partial charge in [0.1, 0.15) is 17.1 Å². The van der Waals surface area contributed by atoms with Gasteiger partial charge in [-0.15, -0.1) is 0 Å². The zero-order valence-electron chi connectivity index (χ0n) is 16.7. The molecule has 0 aliphatic heterocycles. The molecule has 2 unspecified atom stereocenters. The van der Waals surface area contributed by atoms with Gasteiger partial charge in [0.05, 0.1) is 22.6 Å². The maximum absolute atomic E-state index is 13.3. The van der Waals surface area contributed by atoms with Crippen LogP contribution in [0.1, 0.15) is 62.9 Å². The Morgan fingerprint density at radius 2 is 1.77 bits per heavy atom. The number of phenolic OH excluding ortho intramolecular Hbond substituents is 1. The van der Waals surface area contributed by atoms with Gasteiger partial charge < -0.3 is 14.6 Å². The van der Waals surface area contributed by atoms with Crippen molar-refractivity contribution in [3.63, 3.8) is 0 Å². The number of benzene rings is 2.